The molecular formula is C14H22N4O2. The van der Waals surface area contributed by atoms with Gasteiger partial charge in [-0.3, -0.25) is 0 Å². The van der Waals surface area contributed by atoms with Gasteiger partial charge in [0.15, 0.2) is 11.5 Å². The highest BCUT2D eigenvalue weighted by atomic mass is 16.5. The van der Waals surface area contributed by atoms with Crippen LogP contribution in [-0.2, 0) is 0 Å². The van der Waals surface area contributed by atoms with E-state index in [4.69, 9.17) is 20.9 Å². The van der Waals surface area contributed by atoms with Gasteiger partial charge in [-0.25, -0.2) is 0 Å². The normalized spacial score (nSPS) is 10.8. The molecular weight excluding hydrogens is 256 g/mol. The van der Waals surface area contributed by atoms with Gasteiger partial charge < -0.3 is 20.9 Å². The average molecular weight is 278 g/mol. The highest BCUT2D eigenvalue weighted by Crippen LogP contribution is 2.27. The van der Waals surface area contributed by atoms with Crippen LogP contribution in [0.2, 0.25) is 0 Å². The fourth-order valence-electron chi connectivity index (χ4n) is 1.45. The summed E-state index contributed by atoms with van der Waals surface area (Å²) < 4.78 is 11.0. The van der Waals surface area contributed by atoms with E-state index in [1.54, 1.807) is 13.3 Å². The molecule has 110 valence electrons. The molecule has 0 aliphatic carbocycles. The zero-order valence-corrected chi connectivity index (χ0v) is 12.2. The molecule has 1 aromatic rings. The van der Waals surface area contributed by atoms with Crippen molar-refractivity contribution in [2.45, 2.75) is 20.3 Å². The van der Waals surface area contributed by atoms with E-state index in [9.17, 15) is 0 Å². The van der Waals surface area contributed by atoms with Crippen LogP contribution in [-0.4, -0.2) is 25.9 Å². The molecule has 20 heavy (non-hydrogen) atoms. The van der Waals surface area contributed by atoms with Crippen molar-refractivity contribution in [3.05, 3.63) is 23.8 Å². The van der Waals surface area contributed by atoms with Crippen molar-refractivity contribution in [2.75, 3.05) is 13.7 Å². The Morgan fingerprint density at radius 2 is 2.05 bits per heavy atom. The first-order valence-corrected chi connectivity index (χ1v) is 6.45. The van der Waals surface area contributed by atoms with Crippen molar-refractivity contribution < 1.29 is 9.47 Å². The molecule has 0 spiro atoms. The van der Waals surface area contributed by atoms with Gasteiger partial charge in [-0.15, -0.1) is 5.10 Å². The molecule has 1 rings (SSSR count). The molecule has 0 heterocycles. The second-order valence-corrected chi connectivity index (χ2v) is 4.71. The lowest BCUT2D eigenvalue weighted by Crippen LogP contribution is -2.21. The SMILES string of the molecule is COc1cc(/C=N\N=C(N)N)ccc1OCCC(C)C. The Balaban J connectivity index is 2.74. The van der Waals surface area contributed by atoms with E-state index in [0.29, 0.717) is 24.0 Å². The number of nitrogens with two attached hydrogens (primary N) is 2. The van der Waals surface area contributed by atoms with Crippen LogP contribution in [0.4, 0.5) is 0 Å². The van der Waals surface area contributed by atoms with Crippen LogP contribution in [0.1, 0.15) is 25.8 Å². The molecule has 0 aromatic heterocycles. The fourth-order valence-corrected chi connectivity index (χ4v) is 1.45. The number of benzene rings is 1. The second kappa shape index (κ2) is 8.04. The summed E-state index contributed by atoms with van der Waals surface area (Å²) >= 11 is 0. The maximum absolute atomic E-state index is 5.70. The summed E-state index contributed by atoms with van der Waals surface area (Å²) in [4.78, 5) is 0. The number of ether oxygens (including phenoxy) is 2. The lowest BCUT2D eigenvalue weighted by atomic mass is 10.1. The minimum Gasteiger partial charge on any atom is -0.493 e. The number of methoxy groups -OCH3 is 1. The fraction of sp³-hybridized carbons (Fsp3) is 0.429. The molecule has 0 saturated heterocycles. The second-order valence-electron chi connectivity index (χ2n) is 4.71. The largest absolute Gasteiger partial charge is 0.493 e. The van der Waals surface area contributed by atoms with E-state index in [0.717, 1.165) is 12.0 Å². The van der Waals surface area contributed by atoms with Crippen molar-refractivity contribution in [3.8, 4) is 11.5 Å². The maximum atomic E-state index is 5.70. The first kappa shape index (κ1) is 15.8. The molecule has 4 N–H and O–H groups in total. The van der Waals surface area contributed by atoms with Gasteiger partial charge in [0, 0.05) is 0 Å². The molecule has 0 radical (unpaired) electrons. The maximum Gasteiger partial charge on any atom is 0.211 e. The van der Waals surface area contributed by atoms with Crippen LogP contribution < -0.4 is 20.9 Å². The molecule has 1 aromatic carbocycles. The molecule has 0 atom stereocenters. The zero-order valence-electron chi connectivity index (χ0n) is 12.2. The first-order chi connectivity index (χ1) is 9.52. The Morgan fingerprint density at radius 1 is 1.30 bits per heavy atom. The highest BCUT2D eigenvalue weighted by molar-refractivity contribution is 5.82. The minimum absolute atomic E-state index is 0.0816. The topological polar surface area (TPSA) is 95.2 Å². The molecule has 6 nitrogen and oxygen atoms in total. The van der Waals surface area contributed by atoms with Gasteiger partial charge in [0.2, 0.25) is 5.96 Å². The van der Waals surface area contributed by atoms with Crippen molar-refractivity contribution >= 4 is 12.2 Å². The Bertz CT molecular complexity index is 480. The third kappa shape index (κ3) is 5.60. The van der Waals surface area contributed by atoms with Crippen LogP contribution >= 0.6 is 0 Å². The number of hydrogen-bond acceptors (Lipinski definition) is 4. The predicted molar refractivity (Wildman–Crippen MR) is 81.3 cm³/mol. The van der Waals surface area contributed by atoms with E-state index < -0.39 is 0 Å². The molecule has 0 saturated carbocycles. The molecule has 0 aliphatic heterocycles. The quantitative estimate of drug-likeness (QED) is 0.451. The predicted octanol–water partition coefficient (Wildman–Crippen LogP) is 1.73. The lowest BCUT2D eigenvalue weighted by Gasteiger charge is -2.12. The van der Waals surface area contributed by atoms with Crippen LogP contribution in [0.3, 0.4) is 0 Å². The molecule has 0 aliphatic rings. The third-order valence-corrected chi connectivity index (χ3v) is 2.52. The van der Waals surface area contributed by atoms with E-state index in [1.807, 2.05) is 18.2 Å². The lowest BCUT2D eigenvalue weighted by molar-refractivity contribution is 0.273. The minimum atomic E-state index is -0.0816. The van der Waals surface area contributed by atoms with Gasteiger partial charge >= 0.3 is 0 Å². The van der Waals surface area contributed by atoms with E-state index >= 15 is 0 Å². The Labute approximate surface area is 119 Å². The van der Waals surface area contributed by atoms with Crippen molar-refractivity contribution in [1.29, 1.82) is 0 Å². The standard InChI is InChI=1S/C14H22N4O2/c1-10(2)6-7-20-12-5-4-11(8-13(12)19-3)9-17-18-14(15)16/h4-5,8-10H,6-7H2,1-3H3,(H4,15,16,18)/b17-9-. The molecule has 6 heteroatoms. The Morgan fingerprint density at radius 3 is 2.65 bits per heavy atom. The van der Waals surface area contributed by atoms with Gasteiger partial charge in [-0.2, -0.15) is 5.10 Å². The van der Waals surface area contributed by atoms with Crippen LogP contribution in [0.25, 0.3) is 0 Å². The van der Waals surface area contributed by atoms with Gasteiger partial charge in [-0.05, 0) is 36.1 Å². The van der Waals surface area contributed by atoms with Gasteiger partial charge in [0.1, 0.15) is 0 Å². The third-order valence-electron chi connectivity index (χ3n) is 2.52. The van der Waals surface area contributed by atoms with E-state index in [-0.39, 0.29) is 5.96 Å². The Hall–Kier alpha value is -2.24. The summed E-state index contributed by atoms with van der Waals surface area (Å²) in [6, 6.07) is 5.52. The van der Waals surface area contributed by atoms with Gasteiger partial charge in [-0.1, -0.05) is 13.8 Å². The van der Waals surface area contributed by atoms with Crippen molar-refractivity contribution in [2.24, 2.45) is 27.6 Å². The van der Waals surface area contributed by atoms with Crippen molar-refractivity contribution in [1.82, 2.24) is 0 Å². The highest BCUT2D eigenvalue weighted by Gasteiger charge is 2.05. The smallest absolute Gasteiger partial charge is 0.211 e. The number of nitrogens with zero attached hydrogens (tertiary/aromatic N) is 2. The summed E-state index contributed by atoms with van der Waals surface area (Å²) in [5.74, 6) is 1.89. The number of rotatable bonds is 7. The average Bonchev–Trinajstić information content (AvgIpc) is 2.39. The molecule has 0 unspecified atom stereocenters. The van der Waals surface area contributed by atoms with Crippen LogP contribution in [0.15, 0.2) is 28.4 Å². The monoisotopic (exact) mass is 278 g/mol. The summed E-state index contributed by atoms with van der Waals surface area (Å²) in [5.41, 5.74) is 11.2. The van der Waals surface area contributed by atoms with Crippen LogP contribution in [0.5, 0.6) is 11.5 Å². The summed E-state index contributed by atoms with van der Waals surface area (Å²) in [5, 5.41) is 7.28. The number of guanidine groups is 1. The van der Waals surface area contributed by atoms with E-state index in [2.05, 4.69) is 24.1 Å². The van der Waals surface area contributed by atoms with E-state index in [1.165, 1.54) is 0 Å². The Kier molecular flexibility index (Phi) is 6.36. The molecule has 0 bridgehead atoms. The van der Waals surface area contributed by atoms with Gasteiger partial charge in [0.25, 0.3) is 0 Å². The molecule has 0 amide bonds. The molecule has 0 fully saturated rings. The summed E-state index contributed by atoms with van der Waals surface area (Å²) in [6.45, 7) is 4.98. The first-order valence-electron chi connectivity index (χ1n) is 6.45. The van der Waals surface area contributed by atoms with Crippen LogP contribution in [0, 0.1) is 5.92 Å². The summed E-state index contributed by atoms with van der Waals surface area (Å²) in [7, 11) is 1.60. The zero-order chi connectivity index (χ0) is 15.0. The van der Waals surface area contributed by atoms with Crippen molar-refractivity contribution in [3.63, 3.8) is 0 Å². The number of hydrogen-bond donors (Lipinski definition) is 2. The summed E-state index contributed by atoms with van der Waals surface area (Å²) in [6.07, 6.45) is 2.54. The van der Waals surface area contributed by atoms with Gasteiger partial charge in [0.05, 0.1) is 19.9 Å².